The first kappa shape index (κ1) is 10.6. The Morgan fingerprint density at radius 3 is 2.76 bits per heavy atom. The third-order valence-electron chi connectivity index (χ3n) is 3.85. The first-order valence-corrected chi connectivity index (χ1v) is 6.31. The van der Waals surface area contributed by atoms with Gasteiger partial charge in [-0.3, -0.25) is 4.79 Å². The van der Waals surface area contributed by atoms with E-state index in [9.17, 15) is 4.79 Å². The van der Waals surface area contributed by atoms with Gasteiger partial charge in [0, 0.05) is 0 Å². The van der Waals surface area contributed by atoms with Crippen molar-refractivity contribution in [1.82, 2.24) is 0 Å². The molecule has 3 rings (SSSR count). The first-order valence-electron chi connectivity index (χ1n) is 6.31. The summed E-state index contributed by atoms with van der Waals surface area (Å²) in [5, 5.41) is 3.02. The summed E-state index contributed by atoms with van der Waals surface area (Å²) in [6.07, 6.45) is 5.04. The highest BCUT2D eigenvalue weighted by Crippen LogP contribution is 2.41. The minimum atomic E-state index is -0.598. The molecule has 3 nitrogen and oxygen atoms in total. The van der Waals surface area contributed by atoms with Crippen LogP contribution in [0.1, 0.15) is 37.7 Å². The number of para-hydroxylation sites is 1. The third-order valence-corrected chi connectivity index (χ3v) is 3.85. The molecular weight excluding hydrogens is 214 g/mol. The Morgan fingerprint density at radius 2 is 2.00 bits per heavy atom. The Kier molecular flexibility index (Phi) is 2.35. The van der Waals surface area contributed by atoms with Crippen molar-refractivity contribution in [2.45, 2.75) is 44.6 Å². The molecule has 1 aromatic rings. The lowest BCUT2D eigenvalue weighted by atomic mass is 9.83. The number of benzene rings is 1. The number of fused-ring (bicyclic) bond motifs is 1. The van der Waals surface area contributed by atoms with Gasteiger partial charge in [-0.15, -0.1) is 0 Å². The maximum atomic E-state index is 12.2. The molecule has 1 aliphatic carbocycles. The molecule has 0 radical (unpaired) electrons. The summed E-state index contributed by atoms with van der Waals surface area (Å²) >= 11 is 0. The fourth-order valence-corrected chi connectivity index (χ4v) is 2.82. The molecule has 1 fully saturated rings. The van der Waals surface area contributed by atoms with Crippen molar-refractivity contribution in [3.05, 3.63) is 23.8 Å². The number of hydrogen-bond acceptors (Lipinski definition) is 2. The van der Waals surface area contributed by atoms with E-state index in [-0.39, 0.29) is 5.91 Å². The van der Waals surface area contributed by atoms with Crippen LogP contribution in [-0.2, 0) is 4.79 Å². The van der Waals surface area contributed by atoms with Gasteiger partial charge in [0.25, 0.3) is 5.91 Å². The second-order valence-electron chi connectivity index (χ2n) is 5.06. The number of ether oxygens (including phenoxy) is 1. The van der Waals surface area contributed by atoms with Crippen molar-refractivity contribution in [3.8, 4) is 5.75 Å². The van der Waals surface area contributed by atoms with Crippen LogP contribution in [-0.4, -0.2) is 11.5 Å². The number of anilines is 1. The molecule has 1 aliphatic heterocycles. The van der Waals surface area contributed by atoms with Gasteiger partial charge in [0.15, 0.2) is 5.60 Å². The summed E-state index contributed by atoms with van der Waals surface area (Å²) in [5.41, 5.74) is 1.30. The van der Waals surface area contributed by atoms with E-state index in [4.69, 9.17) is 4.74 Å². The van der Waals surface area contributed by atoms with Gasteiger partial charge in [0.05, 0.1) is 5.69 Å². The second-order valence-corrected chi connectivity index (χ2v) is 5.06. The van der Waals surface area contributed by atoms with Gasteiger partial charge in [0.1, 0.15) is 5.75 Å². The first-order chi connectivity index (χ1) is 8.21. The van der Waals surface area contributed by atoms with Gasteiger partial charge in [-0.25, -0.2) is 0 Å². The molecule has 1 aromatic carbocycles. The summed E-state index contributed by atoms with van der Waals surface area (Å²) in [6, 6.07) is 5.90. The SMILES string of the molecule is Cc1cccc2c1NC(=O)C1(CCCCC1)O2. The summed E-state index contributed by atoms with van der Waals surface area (Å²) < 4.78 is 6.04. The van der Waals surface area contributed by atoms with Crippen molar-refractivity contribution >= 4 is 11.6 Å². The van der Waals surface area contributed by atoms with Crippen LogP contribution in [0.5, 0.6) is 5.75 Å². The molecule has 0 bridgehead atoms. The number of hydrogen-bond donors (Lipinski definition) is 1. The predicted octanol–water partition coefficient (Wildman–Crippen LogP) is 3.03. The van der Waals surface area contributed by atoms with Crippen LogP contribution in [0.15, 0.2) is 18.2 Å². The summed E-state index contributed by atoms with van der Waals surface area (Å²) in [4.78, 5) is 12.2. The highest BCUT2D eigenvalue weighted by Gasteiger charge is 2.45. The molecule has 0 unspecified atom stereocenters. The maximum Gasteiger partial charge on any atom is 0.268 e. The van der Waals surface area contributed by atoms with Crippen LogP contribution < -0.4 is 10.1 Å². The molecule has 3 heteroatoms. The predicted molar refractivity (Wildman–Crippen MR) is 66.3 cm³/mol. The lowest BCUT2D eigenvalue weighted by molar-refractivity contribution is -0.135. The highest BCUT2D eigenvalue weighted by molar-refractivity contribution is 6.01. The zero-order valence-corrected chi connectivity index (χ0v) is 10.1. The van der Waals surface area contributed by atoms with E-state index in [1.165, 1.54) is 6.42 Å². The fraction of sp³-hybridized carbons (Fsp3) is 0.500. The number of carbonyl (C=O) groups is 1. The van der Waals surface area contributed by atoms with Crippen molar-refractivity contribution in [2.24, 2.45) is 0 Å². The Morgan fingerprint density at radius 1 is 1.24 bits per heavy atom. The van der Waals surface area contributed by atoms with Crippen LogP contribution in [0, 0.1) is 6.92 Å². The molecule has 17 heavy (non-hydrogen) atoms. The van der Waals surface area contributed by atoms with E-state index >= 15 is 0 Å². The Bertz CT molecular complexity index is 461. The molecule has 1 N–H and O–H groups in total. The number of amides is 1. The molecule has 1 saturated carbocycles. The van der Waals surface area contributed by atoms with Gasteiger partial charge < -0.3 is 10.1 Å². The monoisotopic (exact) mass is 231 g/mol. The normalized spacial score (nSPS) is 21.6. The van der Waals surface area contributed by atoms with Crippen molar-refractivity contribution in [1.29, 1.82) is 0 Å². The molecular formula is C14H17NO2. The van der Waals surface area contributed by atoms with Crippen molar-refractivity contribution < 1.29 is 9.53 Å². The van der Waals surface area contributed by atoms with Gasteiger partial charge in [0.2, 0.25) is 0 Å². The Hall–Kier alpha value is -1.51. The number of carbonyl (C=O) groups excluding carboxylic acids is 1. The van der Waals surface area contributed by atoms with Crippen LogP contribution in [0.3, 0.4) is 0 Å². The van der Waals surface area contributed by atoms with Gasteiger partial charge in [-0.1, -0.05) is 18.6 Å². The van der Waals surface area contributed by atoms with E-state index in [1.54, 1.807) is 0 Å². The summed E-state index contributed by atoms with van der Waals surface area (Å²) in [7, 11) is 0. The van der Waals surface area contributed by atoms with Crippen LogP contribution in [0.4, 0.5) is 5.69 Å². The number of nitrogens with one attached hydrogen (secondary N) is 1. The van der Waals surface area contributed by atoms with Crippen molar-refractivity contribution in [3.63, 3.8) is 0 Å². The third kappa shape index (κ3) is 1.61. The van der Waals surface area contributed by atoms with E-state index in [0.717, 1.165) is 42.7 Å². The topological polar surface area (TPSA) is 38.3 Å². The Balaban J connectivity index is 2.00. The molecule has 0 atom stereocenters. The highest BCUT2D eigenvalue weighted by atomic mass is 16.5. The zero-order chi connectivity index (χ0) is 11.9. The largest absolute Gasteiger partial charge is 0.475 e. The summed E-state index contributed by atoms with van der Waals surface area (Å²) in [5.74, 6) is 0.866. The maximum absolute atomic E-state index is 12.2. The molecule has 2 aliphatic rings. The lowest BCUT2D eigenvalue weighted by Gasteiger charge is -2.40. The second kappa shape index (κ2) is 3.76. The summed E-state index contributed by atoms with van der Waals surface area (Å²) in [6.45, 7) is 1.99. The zero-order valence-electron chi connectivity index (χ0n) is 10.1. The van der Waals surface area contributed by atoms with E-state index in [2.05, 4.69) is 5.32 Å². The molecule has 0 aromatic heterocycles. The van der Waals surface area contributed by atoms with Gasteiger partial charge in [-0.2, -0.15) is 0 Å². The fourth-order valence-electron chi connectivity index (χ4n) is 2.82. The quantitative estimate of drug-likeness (QED) is 0.745. The van der Waals surface area contributed by atoms with Crippen LogP contribution >= 0.6 is 0 Å². The van der Waals surface area contributed by atoms with Crippen LogP contribution in [0.25, 0.3) is 0 Å². The van der Waals surface area contributed by atoms with Crippen LogP contribution in [0.2, 0.25) is 0 Å². The molecule has 0 saturated heterocycles. The minimum Gasteiger partial charge on any atom is -0.475 e. The Labute approximate surface area is 101 Å². The smallest absolute Gasteiger partial charge is 0.268 e. The standard InChI is InChI=1S/C14H17NO2/c1-10-6-5-7-11-12(10)15-13(16)14(17-11)8-3-2-4-9-14/h5-7H,2-4,8-9H2,1H3,(H,15,16). The number of rotatable bonds is 0. The van der Waals surface area contributed by atoms with Gasteiger partial charge >= 0.3 is 0 Å². The molecule has 1 amide bonds. The average molecular weight is 231 g/mol. The molecule has 1 heterocycles. The average Bonchev–Trinajstić information content (AvgIpc) is 2.33. The van der Waals surface area contributed by atoms with Crippen molar-refractivity contribution in [2.75, 3.05) is 5.32 Å². The van der Waals surface area contributed by atoms with E-state index in [1.807, 2.05) is 25.1 Å². The van der Waals surface area contributed by atoms with Gasteiger partial charge in [-0.05, 0) is 44.2 Å². The van der Waals surface area contributed by atoms with E-state index in [0.29, 0.717) is 0 Å². The molecule has 1 spiro atoms. The minimum absolute atomic E-state index is 0.0407. The lowest BCUT2D eigenvalue weighted by Crippen LogP contribution is -2.52. The number of aryl methyl sites for hydroxylation is 1. The molecule has 90 valence electrons. The van der Waals surface area contributed by atoms with E-state index < -0.39 is 5.60 Å².